The average Bonchev–Trinajstić information content (AvgIpc) is 3.78. The third-order valence-corrected chi connectivity index (χ3v) is 11.5. The lowest BCUT2D eigenvalue weighted by Gasteiger charge is -2.45. The monoisotopic (exact) mass is 777 g/mol. The van der Waals surface area contributed by atoms with Crippen molar-refractivity contribution in [3.63, 3.8) is 0 Å². The fraction of sp³-hybridized carbons (Fsp3) is 0.286. The zero-order chi connectivity index (χ0) is 39.5. The van der Waals surface area contributed by atoms with E-state index in [0.717, 1.165) is 95.8 Å². The number of hydrogen-bond donors (Lipinski definition) is 2. The van der Waals surface area contributed by atoms with Gasteiger partial charge in [0.25, 0.3) is 11.8 Å². The molecule has 1 atom stereocenters. The zero-order valence-corrected chi connectivity index (χ0v) is 31.7. The fourth-order valence-corrected chi connectivity index (χ4v) is 8.41. The van der Waals surface area contributed by atoms with Gasteiger partial charge in [0.2, 0.25) is 11.8 Å². The highest BCUT2D eigenvalue weighted by Crippen LogP contribution is 2.34. The molecule has 0 saturated carbocycles. The Bertz CT molecular complexity index is 2650. The summed E-state index contributed by atoms with van der Waals surface area (Å²) in [5.74, 6) is 0.733. The van der Waals surface area contributed by atoms with Crippen LogP contribution < -0.4 is 25.2 Å². The first-order valence-electron chi connectivity index (χ1n) is 19.4. The number of carbonyl (C=O) groups is 4. The number of nitrogens with zero attached hydrogens (tertiary/aromatic N) is 9. The molecule has 3 fully saturated rings. The molecule has 292 valence electrons. The molecule has 0 spiro atoms. The van der Waals surface area contributed by atoms with E-state index in [-0.39, 0.29) is 12.8 Å². The summed E-state index contributed by atoms with van der Waals surface area (Å²) in [4.78, 5) is 72.1. The normalized spacial score (nSPS) is 18.8. The maximum Gasteiger partial charge on any atom is 0.262 e. The molecule has 4 aliphatic rings. The summed E-state index contributed by atoms with van der Waals surface area (Å²) < 4.78 is 7.85. The predicted molar refractivity (Wildman–Crippen MR) is 215 cm³/mol. The number of anilines is 4. The van der Waals surface area contributed by atoms with E-state index < -0.39 is 29.7 Å². The van der Waals surface area contributed by atoms with E-state index >= 15 is 0 Å². The molecule has 16 heteroatoms. The number of piperazine rings is 1. The van der Waals surface area contributed by atoms with Gasteiger partial charge in [-0.2, -0.15) is 5.10 Å². The Morgan fingerprint density at radius 1 is 0.810 bits per heavy atom. The highest BCUT2D eigenvalue weighted by Gasteiger charge is 2.45. The lowest BCUT2D eigenvalue weighted by atomic mass is 9.97. The zero-order valence-electron chi connectivity index (χ0n) is 31.7. The van der Waals surface area contributed by atoms with Crippen LogP contribution >= 0.6 is 0 Å². The largest absolute Gasteiger partial charge is 0.457 e. The first-order chi connectivity index (χ1) is 28.2. The van der Waals surface area contributed by atoms with E-state index in [2.05, 4.69) is 57.5 Å². The molecule has 10 rings (SSSR count). The van der Waals surface area contributed by atoms with Crippen LogP contribution in [-0.4, -0.2) is 110 Å². The number of hydrogen-bond acceptors (Lipinski definition) is 13. The van der Waals surface area contributed by atoms with Crippen molar-refractivity contribution in [3.8, 4) is 11.5 Å². The number of nitrogens with one attached hydrogen (secondary N) is 2. The van der Waals surface area contributed by atoms with Crippen LogP contribution in [-0.2, 0) is 9.59 Å². The molecule has 16 nitrogen and oxygen atoms in total. The highest BCUT2D eigenvalue weighted by molar-refractivity contribution is 6.23. The minimum absolute atomic E-state index is 0.0928. The third kappa shape index (κ3) is 6.50. The number of benzene rings is 3. The maximum atomic E-state index is 13.3. The second kappa shape index (κ2) is 14.2. The van der Waals surface area contributed by atoms with Crippen LogP contribution in [0.4, 0.5) is 22.9 Å². The molecule has 3 saturated heterocycles. The Morgan fingerprint density at radius 2 is 1.62 bits per heavy atom. The summed E-state index contributed by atoms with van der Waals surface area (Å²) in [5, 5.41) is 10.8. The Kier molecular flexibility index (Phi) is 8.69. The lowest BCUT2D eigenvalue weighted by molar-refractivity contribution is -0.136. The van der Waals surface area contributed by atoms with Crippen molar-refractivity contribution in [2.75, 3.05) is 60.9 Å². The Labute approximate surface area is 332 Å². The molecule has 3 aromatic carbocycles. The molecule has 3 aromatic heterocycles. The number of ether oxygens (including phenoxy) is 1. The molecule has 6 aromatic rings. The standard InChI is InChI=1S/C42H39N11O5/c1-25-16-27(2-8-36(25)58-30-10-11-52-37(19-30)44-24-46-52)47-39-33-18-29(4-6-34(33)43-23-45-39)51-21-26(22-51)20-49-12-14-50(15-13-49)28-3-5-31-32(17-28)42(57)53(41(31)56)35-7-9-38(54)48-40(35)55/h2-6,8,10-11,16-19,23-24,26,35H,7,9,12-15,20-22H2,1H3,(H,43,45,47)(H,48,54,55). The van der Waals surface area contributed by atoms with Gasteiger partial charge in [-0.15, -0.1) is 0 Å². The summed E-state index contributed by atoms with van der Waals surface area (Å²) in [6.07, 6.45) is 5.14. The number of fused-ring (bicyclic) bond motifs is 3. The van der Waals surface area contributed by atoms with Crippen molar-refractivity contribution in [1.29, 1.82) is 0 Å². The number of carbonyl (C=O) groups excluding carboxylic acids is 4. The molecule has 2 N–H and O–H groups in total. The van der Waals surface area contributed by atoms with Crippen LogP contribution in [0.25, 0.3) is 16.6 Å². The van der Waals surface area contributed by atoms with Gasteiger partial charge in [-0.3, -0.25) is 34.3 Å². The number of imide groups is 2. The predicted octanol–water partition coefficient (Wildman–Crippen LogP) is 4.18. The summed E-state index contributed by atoms with van der Waals surface area (Å²) in [6.45, 7) is 8.28. The average molecular weight is 778 g/mol. The molecular formula is C42H39N11O5. The van der Waals surface area contributed by atoms with Crippen molar-refractivity contribution in [2.45, 2.75) is 25.8 Å². The van der Waals surface area contributed by atoms with Gasteiger partial charge in [0.1, 0.15) is 36.0 Å². The van der Waals surface area contributed by atoms with Crippen LogP contribution in [0, 0.1) is 12.8 Å². The minimum atomic E-state index is -0.973. The summed E-state index contributed by atoms with van der Waals surface area (Å²) in [5.41, 5.74) is 6.06. The number of amides is 4. The van der Waals surface area contributed by atoms with Crippen LogP contribution in [0.5, 0.6) is 11.5 Å². The van der Waals surface area contributed by atoms with Crippen molar-refractivity contribution >= 4 is 63.1 Å². The van der Waals surface area contributed by atoms with E-state index in [0.29, 0.717) is 28.4 Å². The first-order valence-corrected chi connectivity index (χ1v) is 19.4. The summed E-state index contributed by atoms with van der Waals surface area (Å²) in [7, 11) is 0. The van der Waals surface area contributed by atoms with Gasteiger partial charge in [0, 0.05) is 92.9 Å². The Hall–Kier alpha value is -6.94. The SMILES string of the molecule is Cc1cc(Nc2ncnc3ccc(N4CC(CN5CCN(c6ccc7c(c6)C(=O)N(C6CCC(=O)NC6=O)C7=O)CC5)C4)cc23)ccc1Oc1ccn2ncnc2c1. The van der Waals surface area contributed by atoms with Gasteiger partial charge in [-0.05, 0) is 79.6 Å². The third-order valence-electron chi connectivity index (χ3n) is 11.5. The van der Waals surface area contributed by atoms with Crippen molar-refractivity contribution in [1.82, 2.24) is 39.7 Å². The molecule has 4 amide bonds. The number of aryl methyl sites for hydroxylation is 1. The van der Waals surface area contributed by atoms with Gasteiger partial charge in [-0.25, -0.2) is 19.5 Å². The lowest BCUT2D eigenvalue weighted by Crippen LogP contribution is -2.55. The van der Waals surface area contributed by atoms with Crippen LogP contribution in [0.15, 0.2) is 85.6 Å². The van der Waals surface area contributed by atoms with E-state index in [1.165, 1.54) is 6.33 Å². The molecule has 4 aliphatic heterocycles. The molecule has 0 radical (unpaired) electrons. The Balaban J connectivity index is 0.738. The fourth-order valence-electron chi connectivity index (χ4n) is 8.41. The topological polar surface area (TPSA) is 170 Å². The van der Waals surface area contributed by atoms with Gasteiger partial charge >= 0.3 is 0 Å². The number of aromatic nitrogens is 5. The smallest absolute Gasteiger partial charge is 0.262 e. The van der Waals surface area contributed by atoms with E-state index in [1.54, 1.807) is 23.0 Å². The number of piperidine rings is 1. The molecule has 58 heavy (non-hydrogen) atoms. The van der Waals surface area contributed by atoms with Crippen LogP contribution in [0.3, 0.4) is 0 Å². The van der Waals surface area contributed by atoms with Crippen LogP contribution in [0.2, 0.25) is 0 Å². The molecule has 0 aliphatic carbocycles. The maximum absolute atomic E-state index is 13.3. The van der Waals surface area contributed by atoms with Crippen LogP contribution in [0.1, 0.15) is 39.1 Å². The van der Waals surface area contributed by atoms with Crippen molar-refractivity contribution < 1.29 is 23.9 Å². The van der Waals surface area contributed by atoms with E-state index in [4.69, 9.17) is 4.74 Å². The Morgan fingerprint density at radius 3 is 2.45 bits per heavy atom. The van der Waals surface area contributed by atoms with Gasteiger partial charge in [0.15, 0.2) is 5.65 Å². The van der Waals surface area contributed by atoms with E-state index in [1.807, 2.05) is 55.6 Å². The molecular weight excluding hydrogens is 739 g/mol. The van der Waals surface area contributed by atoms with Crippen molar-refractivity contribution in [2.24, 2.45) is 5.92 Å². The van der Waals surface area contributed by atoms with E-state index in [9.17, 15) is 19.2 Å². The van der Waals surface area contributed by atoms with Gasteiger partial charge < -0.3 is 19.9 Å². The second-order valence-corrected chi connectivity index (χ2v) is 15.3. The minimum Gasteiger partial charge on any atom is -0.457 e. The number of rotatable bonds is 9. The highest BCUT2D eigenvalue weighted by atomic mass is 16.5. The molecule has 7 heterocycles. The number of pyridine rings is 1. The van der Waals surface area contributed by atoms with Gasteiger partial charge in [-0.1, -0.05) is 0 Å². The summed E-state index contributed by atoms with van der Waals surface area (Å²) >= 11 is 0. The second-order valence-electron chi connectivity index (χ2n) is 15.3. The molecule has 0 bridgehead atoms. The van der Waals surface area contributed by atoms with Gasteiger partial charge in [0.05, 0.1) is 16.6 Å². The first kappa shape index (κ1) is 35.5. The molecule has 1 unspecified atom stereocenters. The van der Waals surface area contributed by atoms with Crippen molar-refractivity contribution in [3.05, 3.63) is 102 Å². The summed E-state index contributed by atoms with van der Waals surface area (Å²) in [6, 6.07) is 20.4. The quantitative estimate of drug-likeness (QED) is 0.201.